The molecule has 0 amide bonds. The number of benzene rings is 2. The number of allylic oxidation sites excluding steroid dienone is 1. The summed E-state index contributed by atoms with van der Waals surface area (Å²) in [5.41, 5.74) is 4.33. The first-order valence-corrected chi connectivity index (χ1v) is 5.54. The normalized spacial score (nSPS) is 14.2. The van der Waals surface area contributed by atoms with E-state index in [4.69, 9.17) is 0 Å². The second-order valence-electron chi connectivity index (χ2n) is 4.25. The lowest BCUT2D eigenvalue weighted by atomic mass is 9.90. The molecule has 0 heteroatoms. The van der Waals surface area contributed by atoms with Crippen LogP contribution in [0.5, 0.6) is 0 Å². The van der Waals surface area contributed by atoms with Gasteiger partial charge >= 0.3 is 0 Å². The molecule has 0 bridgehead atoms. The number of rotatable bonds is 0. The number of fused-ring (bicyclic) bond motifs is 3. The molecule has 0 spiro atoms. The van der Waals surface area contributed by atoms with E-state index in [1.54, 1.807) is 0 Å². The standard InChI is InChI=1S/C15H14/c1-11-5-4-7-13-10-9-12-6-2-3-8-14(12)15(11)13/h3-5,7-10H,2,6H2,1H3. The van der Waals surface area contributed by atoms with Crippen molar-refractivity contribution in [3.63, 3.8) is 0 Å². The highest BCUT2D eigenvalue weighted by molar-refractivity contribution is 5.94. The molecule has 2 aromatic rings. The third kappa shape index (κ3) is 1.29. The maximum atomic E-state index is 2.29. The number of aryl methyl sites for hydroxylation is 2. The van der Waals surface area contributed by atoms with E-state index < -0.39 is 0 Å². The minimum Gasteiger partial charge on any atom is -0.0836 e. The summed E-state index contributed by atoms with van der Waals surface area (Å²) in [5, 5.41) is 2.80. The zero-order chi connectivity index (χ0) is 10.3. The summed E-state index contributed by atoms with van der Waals surface area (Å²) in [6.07, 6.45) is 6.95. The Morgan fingerprint density at radius 1 is 1.07 bits per heavy atom. The fraction of sp³-hybridized carbons (Fsp3) is 0.200. The molecule has 0 nitrogen and oxygen atoms in total. The van der Waals surface area contributed by atoms with Crippen LogP contribution in [0.2, 0.25) is 0 Å². The Bertz CT molecular complexity index is 547. The molecule has 0 fully saturated rings. The van der Waals surface area contributed by atoms with Crippen molar-refractivity contribution in [1.82, 2.24) is 0 Å². The van der Waals surface area contributed by atoms with Crippen LogP contribution in [0, 0.1) is 6.92 Å². The molecule has 3 rings (SSSR count). The summed E-state index contributed by atoms with van der Waals surface area (Å²) in [6, 6.07) is 11.1. The Morgan fingerprint density at radius 3 is 2.93 bits per heavy atom. The molecule has 0 saturated heterocycles. The second-order valence-corrected chi connectivity index (χ2v) is 4.25. The van der Waals surface area contributed by atoms with E-state index in [0.717, 1.165) is 0 Å². The van der Waals surface area contributed by atoms with E-state index in [1.807, 2.05) is 0 Å². The lowest BCUT2D eigenvalue weighted by Crippen LogP contribution is -1.95. The molecule has 0 radical (unpaired) electrons. The molecule has 0 atom stereocenters. The molecule has 0 heterocycles. The smallest absolute Gasteiger partial charge is 0.00795 e. The van der Waals surface area contributed by atoms with Gasteiger partial charge in [-0.3, -0.25) is 0 Å². The molecule has 15 heavy (non-hydrogen) atoms. The van der Waals surface area contributed by atoms with Crippen molar-refractivity contribution in [2.45, 2.75) is 19.8 Å². The van der Waals surface area contributed by atoms with Crippen LogP contribution in [0.1, 0.15) is 23.1 Å². The third-order valence-corrected chi connectivity index (χ3v) is 3.25. The SMILES string of the molecule is Cc1cccc2ccc3c(c12)C=CCC3. The van der Waals surface area contributed by atoms with Crippen molar-refractivity contribution >= 4 is 16.8 Å². The average molecular weight is 194 g/mol. The lowest BCUT2D eigenvalue weighted by Gasteiger charge is -2.14. The van der Waals surface area contributed by atoms with E-state index in [9.17, 15) is 0 Å². The monoisotopic (exact) mass is 194 g/mol. The maximum absolute atomic E-state index is 2.29. The first kappa shape index (κ1) is 8.72. The highest BCUT2D eigenvalue weighted by Crippen LogP contribution is 2.29. The van der Waals surface area contributed by atoms with Gasteiger partial charge in [-0.15, -0.1) is 0 Å². The fourth-order valence-corrected chi connectivity index (χ4v) is 2.49. The molecule has 2 aromatic carbocycles. The van der Waals surface area contributed by atoms with Crippen LogP contribution in [0.3, 0.4) is 0 Å². The summed E-state index contributed by atoms with van der Waals surface area (Å²) in [7, 11) is 0. The summed E-state index contributed by atoms with van der Waals surface area (Å²) < 4.78 is 0. The van der Waals surface area contributed by atoms with E-state index in [-0.39, 0.29) is 0 Å². The van der Waals surface area contributed by atoms with Gasteiger partial charge in [-0.05, 0) is 47.2 Å². The van der Waals surface area contributed by atoms with Crippen LogP contribution in [0.25, 0.3) is 16.8 Å². The van der Waals surface area contributed by atoms with Gasteiger partial charge in [0.2, 0.25) is 0 Å². The molecular formula is C15H14. The molecular weight excluding hydrogens is 180 g/mol. The Hall–Kier alpha value is -1.56. The van der Waals surface area contributed by atoms with Gasteiger partial charge < -0.3 is 0 Å². The van der Waals surface area contributed by atoms with Gasteiger partial charge in [0.25, 0.3) is 0 Å². The van der Waals surface area contributed by atoms with Gasteiger partial charge in [-0.2, -0.15) is 0 Å². The Labute approximate surface area is 90.2 Å². The largest absolute Gasteiger partial charge is 0.0836 e. The van der Waals surface area contributed by atoms with Gasteiger partial charge in [-0.1, -0.05) is 42.5 Å². The van der Waals surface area contributed by atoms with Crippen LogP contribution in [-0.2, 0) is 6.42 Å². The minimum atomic E-state index is 1.18. The second kappa shape index (κ2) is 3.23. The van der Waals surface area contributed by atoms with Crippen molar-refractivity contribution < 1.29 is 0 Å². The molecule has 0 aromatic heterocycles. The number of hydrogen-bond donors (Lipinski definition) is 0. The van der Waals surface area contributed by atoms with Crippen molar-refractivity contribution in [2.24, 2.45) is 0 Å². The van der Waals surface area contributed by atoms with Crippen LogP contribution in [0.4, 0.5) is 0 Å². The zero-order valence-electron chi connectivity index (χ0n) is 8.96. The minimum absolute atomic E-state index is 1.18. The zero-order valence-corrected chi connectivity index (χ0v) is 8.96. The predicted molar refractivity (Wildman–Crippen MR) is 66.0 cm³/mol. The quantitative estimate of drug-likeness (QED) is 0.592. The van der Waals surface area contributed by atoms with Crippen molar-refractivity contribution in [3.8, 4) is 0 Å². The maximum Gasteiger partial charge on any atom is -0.00795 e. The van der Waals surface area contributed by atoms with Gasteiger partial charge in [0, 0.05) is 0 Å². The molecule has 0 aliphatic heterocycles. The molecule has 74 valence electrons. The Balaban J connectivity index is 2.46. The molecule has 0 N–H and O–H groups in total. The van der Waals surface area contributed by atoms with E-state index in [2.05, 4.69) is 49.4 Å². The topological polar surface area (TPSA) is 0 Å². The van der Waals surface area contributed by atoms with E-state index in [0.29, 0.717) is 0 Å². The van der Waals surface area contributed by atoms with Crippen molar-refractivity contribution in [2.75, 3.05) is 0 Å². The Kier molecular flexibility index (Phi) is 1.88. The first-order valence-electron chi connectivity index (χ1n) is 5.54. The van der Waals surface area contributed by atoms with Crippen LogP contribution in [-0.4, -0.2) is 0 Å². The lowest BCUT2D eigenvalue weighted by molar-refractivity contribution is 0.989. The van der Waals surface area contributed by atoms with Crippen molar-refractivity contribution in [1.29, 1.82) is 0 Å². The van der Waals surface area contributed by atoms with E-state index in [1.165, 1.54) is 40.3 Å². The number of hydrogen-bond acceptors (Lipinski definition) is 0. The predicted octanol–water partition coefficient (Wildman–Crippen LogP) is 4.11. The van der Waals surface area contributed by atoms with Crippen LogP contribution >= 0.6 is 0 Å². The summed E-state index contributed by atoms with van der Waals surface area (Å²) in [6.45, 7) is 2.20. The fourth-order valence-electron chi connectivity index (χ4n) is 2.49. The molecule has 0 saturated carbocycles. The molecule has 0 unspecified atom stereocenters. The summed E-state index contributed by atoms with van der Waals surface area (Å²) >= 11 is 0. The van der Waals surface area contributed by atoms with Gasteiger partial charge in [0.15, 0.2) is 0 Å². The van der Waals surface area contributed by atoms with Crippen molar-refractivity contribution in [3.05, 3.63) is 53.1 Å². The van der Waals surface area contributed by atoms with Gasteiger partial charge in [0.05, 0.1) is 0 Å². The Morgan fingerprint density at radius 2 is 2.00 bits per heavy atom. The summed E-state index contributed by atoms with van der Waals surface area (Å²) in [5.74, 6) is 0. The summed E-state index contributed by atoms with van der Waals surface area (Å²) in [4.78, 5) is 0. The third-order valence-electron chi connectivity index (χ3n) is 3.25. The first-order chi connectivity index (χ1) is 7.36. The highest BCUT2D eigenvalue weighted by Gasteiger charge is 2.09. The van der Waals surface area contributed by atoms with E-state index >= 15 is 0 Å². The van der Waals surface area contributed by atoms with Crippen LogP contribution < -0.4 is 0 Å². The molecule has 1 aliphatic carbocycles. The van der Waals surface area contributed by atoms with Gasteiger partial charge in [0.1, 0.15) is 0 Å². The van der Waals surface area contributed by atoms with Gasteiger partial charge in [-0.25, -0.2) is 0 Å². The highest BCUT2D eigenvalue weighted by atomic mass is 14.1. The molecule has 1 aliphatic rings. The van der Waals surface area contributed by atoms with Crippen LogP contribution in [0.15, 0.2) is 36.4 Å². The average Bonchev–Trinajstić information content (AvgIpc) is 2.29.